The first-order chi connectivity index (χ1) is 13.4. The third-order valence-electron chi connectivity index (χ3n) is 4.06. The summed E-state index contributed by atoms with van der Waals surface area (Å²) in [6.07, 6.45) is 1.37. The highest BCUT2D eigenvalue weighted by molar-refractivity contribution is 7.80. The number of carbonyl (C=O) groups is 1. The number of benzene rings is 2. The summed E-state index contributed by atoms with van der Waals surface area (Å²) in [5.41, 5.74) is 7.67. The lowest BCUT2D eigenvalue weighted by Crippen LogP contribution is -2.43. The first kappa shape index (κ1) is 19.4. The second-order valence-corrected chi connectivity index (χ2v) is 6.86. The Hall–Kier alpha value is -3.39. The maximum Gasteiger partial charge on any atom is 0.294 e. The SMILES string of the molecule is CC(C)c1ccc(NC(=S)NNC(=O)c2nn(-c3ccccc3)cc2O)cc1. The van der Waals surface area contributed by atoms with Crippen LogP contribution in [0.4, 0.5) is 5.69 Å². The normalized spacial score (nSPS) is 10.5. The minimum absolute atomic E-state index is 0.111. The Morgan fingerprint density at radius 3 is 2.39 bits per heavy atom. The number of rotatable bonds is 4. The third-order valence-corrected chi connectivity index (χ3v) is 4.26. The Morgan fingerprint density at radius 1 is 1.07 bits per heavy atom. The molecule has 3 rings (SSSR count). The van der Waals surface area contributed by atoms with Gasteiger partial charge in [0.1, 0.15) is 0 Å². The molecule has 0 fully saturated rings. The van der Waals surface area contributed by atoms with Crippen LogP contribution in [0.25, 0.3) is 5.69 Å². The Labute approximate surface area is 168 Å². The number of carbonyl (C=O) groups excluding carboxylic acids is 1. The molecular weight excluding hydrogens is 374 g/mol. The number of hydrogen-bond acceptors (Lipinski definition) is 4. The fraction of sp³-hybridized carbons (Fsp3) is 0.150. The van der Waals surface area contributed by atoms with Gasteiger partial charge < -0.3 is 10.4 Å². The van der Waals surface area contributed by atoms with Gasteiger partial charge in [-0.05, 0) is 48.0 Å². The Bertz CT molecular complexity index is 968. The van der Waals surface area contributed by atoms with Crippen LogP contribution in [0.15, 0.2) is 60.8 Å². The van der Waals surface area contributed by atoms with E-state index in [9.17, 15) is 9.90 Å². The highest BCUT2D eigenvalue weighted by Gasteiger charge is 2.17. The molecule has 0 spiro atoms. The van der Waals surface area contributed by atoms with Crippen LogP contribution in [0.3, 0.4) is 0 Å². The third kappa shape index (κ3) is 4.66. The van der Waals surface area contributed by atoms with Crippen LogP contribution in [0, 0.1) is 0 Å². The predicted molar refractivity (Wildman–Crippen MR) is 113 cm³/mol. The zero-order valence-electron chi connectivity index (χ0n) is 15.5. The molecule has 0 bridgehead atoms. The molecule has 0 radical (unpaired) electrons. The fourth-order valence-electron chi connectivity index (χ4n) is 2.53. The molecule has 2 aromatic carbocycles. The van der Waals surface area contributed by atoms with E-state index in [4.69, 9.17) is 12.2 Å². The molecule has 0 aliphatic carbocycles. The second-order valence-electron chi connectivity index (χ2n) is 6.45. The van der Waals surface area contributed by atoms with Crippen molar-refractivity contribution in [2.75, 3.05) is 5.32 Å². The summed E-state index contributed by atoms with van der Waals surface area (Å²) in [5, 5.41) is 17.3. The number of aromatic hydroxyl groups is 1. The minimum Gasteiger partial charge on any atom is -0.504 e. The van der Waals surface area contributed by atoms with E-state index in [1.54, 1.807) is 0 Å². The van der Waals surface area contributed by atoms with Crippen molar-refractivity contribution >= 4 is 28.9 Å². The number of para-hydroxylation sites is 1. The number of thiocarbonyl (C=S) groups is 1. The van der Waals surface area contributed by atoms with Gasteiger partial charge in [-0.1, -0.05) is 44.2 Å². The molecule has 28 heavy (non-hydrogen) atoms. The molecule has 8 heteroatoms. The van der Waals surface area contributed by atoms with Crippen LogP contribution < -0.4 is 16.2 Å². The number of hydrogen-bond donors (Lipinski definition) is 4. The Kier molecular flexibility index (Phi) is 5.90. The number of amides is 1. The standard InChI is InChI=1S/C20H21N5O2S/c1-13(2)14-8-10-15(11-9-14)21-20(28)23-22-19(27)18-17(26)12-25(24-18)16-6-4-3-5-7-16/h3-13,26H,1-2H3,(H,22,27)(H2,21,23,28). The predicted octanol–water partition coefficient (Wildman–Crippen LogP) is 3.33. The van der Waals surface area contributed by atoms with Crippen LogP contribution in [0.5, 0.6) is 5.75 Å². The van der Waals surface area contributed by atoms with Gasteiger partial charge in [0, 0.05) is 5.69 Å². The summed E-state index contributed by atoms with van der Waals surface area (Å²) in [6.45, 7) is 4.25. The summed E-state index contributed by atoms with van der Waals surface area (Å²) >= 11 is 5.18. The summed E-state index contributed by atoms with van der Waals surface area (Å²) in [7, 11) is 0. The number of nitrogens with zero attached hydrogens (tertiary/aromatic N) is 2. The van der Waals surface area contributed by atoms with E-state index >= 15 is 0 Å². The van der Waals surface area contributed by atoms with Crippen molar-refractivity contribution in [2.24, 2.45) is 0 Å². The Balaban J connectivity index is 1.58. The van der Waals surface area contributed by atoms with E-state index in [1.807, 2.05) is 54.6 Å². The fourth-order valence-corrected chi connectivity index (χ4v) is 2.69. The lowest BCUT2D eigenvalue weighted by molar-refractivity contribution is 0.0936. The molecule has 0 atom stereocenters. The first-order valence-corrected chi connectivity index (χ1v) is 9.16. The number of hydrazine groups is 1. The van der Waals surface area contributed by atoms with Gasteiger partial charge in [0.15, 0.2) is 16.6 Å². The van der Waals surface area contributed by atoms with Gasteiger partial charge in [-0.25, -0.2) is 4.68 Å². The van der Waals surface area contributed by atoms with Gasteiger partial charge in [-0.3, -0.25) is 15.6 Å². The van der Waals surface area contributed by atoms with Crippen LogP contribution >= 0.6 is 12.2 Å². The highest BCUT2D eigenvalue weighted by atomic mass is 32.1. The summed E-state index contributed by atoms with van der Waals surface area (Å²) in [5.74, 6) is -0.389. The number of aromatic nitrogens is 2. The van der Waals surface area contributed by atoms with E-state index in [2.05, 4.69) is 35.1 Å². The summed E-state index contributed by atoms with van der Waals surface area (Å²) in [6, 6.07) is 17.0. The van der Waals surface area contributed by atoms with E-state index in [-0.39, 0.29) is 16.6 Å². The lowest BCUT2D eigenvalue weighted by atomic mass is 10.0. The van der Waals surface area contributed by atoms with Gasteiger partial charge in [0.05, 0.1) is 11.9 Å². The van der Waals surface area contributed by atoms with E-state index in [1.165, 1.54) is 16.4 Å². The summed E-state index contributed by atoms with van der Waals surface area (Å²) < 4.78 is 1.43. The molecule has 0 unspecified atom stereocenters. The van der Waals surface area contributed by atoms with Gasteiger partial charge in [-0.2, -0.15) is 5.10 Å². The number of anilines is 1. The van der Waals surface area contributed by atoms with Crippen LogP contribution in [-0.2, 0) is 0 Å². The van der Waals surface area contributed by atoms with Crippen molar-refractivity contribution in [1.82, 2.24) is 20.6 Å². The molecule has 0 aliphatic heterocycles. The first-order valence-electron chi connectivity index (χ1n) is 8.75. The van der Waals surface area contributed by atoms with Crippen LogP contribution in [0.1, 0.15) is 35.8 Å². The summed E-state index contributed by atoms with van der Waals surface area (Å²) in [4.78, 5) is 12.3. The highest BCUT2D eigenvalue weighted by Crippen LogP contribution is 2.18. The molecule has 0 aliphatic rings. The number of nitrogens with one attached hydrogen (secondary N) is 3. The van der Waals surface area contributed by atoms with E-state index < -0.39 is 5.91 Å². The molecule has 7 nitrogen and oxygen atoms in total. The van der Waals surface area contributed by atoms with Crippen LogP contribution in [-0.4, -0.2) is 25.9 Å². The van der Waals surface area contributed by atoms with E-state index in [0.29, 0.717) is 5.92 Å². The molecule has 1 amide bonds. The minimum atomic E-state index is -0.605. The maximum atomic E-state index is 12.3. The molecule has 1 heterocycles. The van der Waals surface area contributed by atoms with Crippen molar-refractivity contribution in [3.63, 3.8) is 0 Å². The van der Waals surface area contributed by atoms with Gasteiger partial charge in [0.2, 0.25) is 0 Å². The van der Waals surface area contributed by atoms with Crippen molar-refractivity contribution in [3.8, 4) is 11.4 Å². The zero-order chi connectivity index (χ0) is 20.1. The average Bonchev–Trinajstić information content (AvgIpc) is 3.09. The molecule has 0 saturated carbocycles. The molecular formula is C20H21N5O2S. The molecule has 4 N–H and O–H groups in total. The molecule has 3 aromatic rings. The molecule has 1 aromatic heterocycles. The van der Waals surface area contributed by atoms with Crippen molar-refractivity contribution in [3.05, 3.63) is 72.1 Å². The van der Waals surface area contributed by atoms with Crippen molar-refractivity contribution in [1.29, 1.82) is 0 Å². The van der Waals surface area contributed by atoms with Gasteiger partial charge in [-0.15, -0.1) is 0 Å². The van der Waals surface area contributed by atoms with Gasteiger partial charge in [0.25, 0.3) is 5.91 Å². The second kappa shape index (κ2) is 8.53. The van der Waals surface area contributed by atoms with E-state index in [0.717, 1.165) is 11.4 Å². The largest absolute Gasteiger partial charge is 0.504 e. The molecule has 144 valence electrons. The van der Waals surface area contributed by atoms with Crippen LogP contribution in [0.2, 0.25) is 0 Å². The zero-order valence-corrected chi connectivity index (χ0v) is 16.3. The maximum absolute atomic E-state index is 12.3. The quantitative estimate of drug-likeness (QED) is 0.400. The van der Waals surface area contributed by atoms with Crippen molar-refractivity contribution < 1.29 is 9.90 Å². The Morgan fingerprint density at radius 2 is 1.75 bits per heavy atom. The van der Waals surface area contributed by atoms with Crippen molar-refractivity contribution in [2.45, 2.75) is 19.8 Å². The van der Waals surface area contributed by atoms with Gasteiger partial charge >= 0.3 is 0 Å². The molecule has 0 saturated heterocycles. The monoisotopic (exact) mass is 395 g/mol. The average molecular weight is 395 g/mol. The smallest absolute Gasteiger partial charge is 0.294 e. The topological polar surface area (TPSA) is 91.2 Å². The lowest BCUT2D eigenvalue weighted by Gasteiger charge is -2.12.